The van der Waals surface area contributed by atoms with Crippen molar-refractivity contribution >= 4 is 5.69 Å². The van der Waals surface area contributed by atoms with E-state index < -0.39 is 4.92 Å². The number of hydrogen-bond donors (Lipinski definition) is 0. The van der Waals surface area contributed by atoms with Gasteiger partial charge in [0.1, 0.15) is 12.4 Å². The minimum atomic E-state index is -0.477. The Morgan fingerprint density at radius 1 is 1.24 bits per heavy atom. The molecule has 0 N–H and O–H groups in total. The number of aromatic nitrogens is 2. The van der Waals surface area contributed by atoms with Crippen LogP contribution >= 0.6 is 0 Å². The Morgan fingerprint density at radius 2 is 2.00 bits per heavy atom. The van der Waals surface area contributed by atoms with Gasteiger partial charge in [0.15, 0.2) is 5.75 Å². The minimum Gasteiger partial charge on any atom is -0.493 e. The smallest absolute Gasteiger partial charge is 0.315 e. The molecule has 0 amide bonds. The van der Waals surface area contributed by atoms with Crippen LogP contribution in [0.25, 0.3) is 11.4 Å². The molecule has 3 rings (SSSR count). The summed E-state index contributed by atoms with van der Waals surface area (Å²) < 4.78 is 12.8. The third-order valence-corrected chi connectivity index (χ3v) is 3.76. The molecule has 0 bridgehead atoms. The molecule has 0 aliphatic heterocycles. The largest absolute Gasteiger partial charge is 0.493 e. The number of nitrogens with zero attached hydrogens (tertiary/aromatic N) is 3. The average Bonchev–Trinajstić information content (AvgIpc) is 3.06. The summed E-state index contributed by atoms with van der Waals surface area (Å²) in [5.41, 5.74) is 1.34. The predicted molar refractivity (Wildman–Crippen MR) is 92.6 cm³/mol. The van der Waals surface area contributed by atoms with Crippen LogP contribution in [0.1, 0.15) is 5.56 Å². The lowest BCUT2D eigenvalue weighted by atomic mass is 10.1. The summed E-state index contributed by atoms with van der Waals surface area (Å²) in [5.74, 6) is 1.01. The van der Waals surface area contributed by atoms with Gasteiger partial charge in [0.25, 0.3) is 0 Å². The van der Waals surface area contributed by atoms with Gasteiger partial charge in [-0.25, -0.2) is 4.98 Å². The second-order valence-electron chi connectivity index (χ2n) is 5.42. The Bertz CT molecular complexity index is 891. The maximum Gasteiger partial charge on any atom is 0.315 e. The van der Waals surface area contributed by atoms with E-state index in [0.717, 1.165) is 5.56 Å². The molecule has 7 nitrogen and oxygen atoms in total. The maximum absolute atomic E-state index is 11.6. The number of ether oxygens (including phenoxy) is 2. The van der Waals surface area contributed by atoms with E-state index in [1.54, 1.807) is 23.0 Å². The molecule has 0 aliphatic rings. The zero-order valence-corrected chi connectivity index (χ0v) is 13.9. The third-order valence-electron chi connectivity index (χ3n) is 3.76. The van der Waals surface area contributed by atoms with Gasteiger partial charge in [-0.3, -0.25) is 10.1 Å². The second-order valence-corrected chi connectivity index (χ2v) is 5.42. The lowest BCUT2D eigenvalue weighted by Gasteiger charge is -2.13. The van der Waals surface area contributed by atoms with Crippen molar-refractivity contribution in [1.29, 1.82) is 0 Å². The summed E-state index contributed by atoms with van der Waals surface area (Å²) in [6, 6.07) is 12.6. The zero-order valence-electron chi connectivity index (χ0n) is 13.9. The third kappa shape index (κ3) is 3.45. The second kappa shape index (κ2) is 7.04. The molecule has 0 spiro atoms. The highest BCUT2D eigenvalue weighted by Gasteiger charge is 2.24. The van der Waals surface area contributed by atoms with Gasteiger partial charge in [0, 0.05) is 31.1 Å². The first kappa shape index (κ1) is 16.5. The van der Waals surface area contributed by atoms with E-state index in [1.807, 2.05) is 37.4 Å². The molecule has 3 aromatic rings. The fraction of sp³-hybridized carbons (Fsp3) is 0.167. The molecule has 128 valence electrons. The van der Waals surface area contributed by atoms with Crippen molar-refractivity contribution in [1.82, 2.24) is 9.55 Å². The van der Waals surface area contributed by atoms with E-state index in [9.17, 15) is 10.1 Å². The number of rotatable bonds is 6. The molecule has 2 aromatic carbocycles. The number of aryl methyl sites for hydroxylation is 1. The zero-order chi connectivity index (χ0) is 17.8. The first-order valence-corrected chi connectivity index (χ1v) is 7.61. The molecule has 0 aliphatic carbocycles. The number of nitro benzene ring substituents is 1. The van der Waals surface area contributed by atoms with Crippen molar-refractivity contribution < 1.29 is 14.4 Å². The van der Waals surface area contributed by atoms with Crippen molar-refractivity contribution in [3.8, 4) is 22.9 Å². The van der Waals surface area contributed by atoms with Crippen LogP contribution in [0, 0.1) is 10.1 Å². The molecule has 0 fully saturated rings. The minimum absolute atomic E-state index is 0.106. The lowest BCUT2D eigenvalue weighted by molar-refractivity contribution is -0.386. The van der Waals surface area contributed by atoms with E-state index in [2.05, 4.69) is 4.98 Å². The van der Waals surface area contributed by atoms with Crippen LogP contribution in [0.5, 0.6) is 11.5 Å². The lowest BCUT2D eigenvalue weighted by Crippen LogP contribution is -2.03. The molecular weight excluding hydrogens is 322 g/mol. The first-order valence-electron chi connectivity index (χ1n) is 7.61. The van der Waals surface area contributed by atoms with Gasteiger partial charge in [-0.2, -0.15) is 0 Å². The summed E-state index contributed by atoms with van der Waals surface area (Å²) in [4.78, 5) is 15.3. The molecule has 1 heterocycles. The highest BCUT2D eigenvalue weighted by Crippen LogP contribution is 2.41. The molecular formula is C18H17N3O4. The van der Waals surface area contributed by atoms with Crippen molar-refractivity contribution in [2.75, 3.05) is 7.11 Å². The van der Waals surface area contributed by atoms with E-state index in [4.69, 9.17) is 9.47 Å². The number of methoxy groups -OCH3 is 1. The van der Waals surface area contributed by atoms with Gasteiger partial charge in [-0.15, -0.1) is 0 Å². The van der Waals surface area contributed by atoms with Gasteiger partial charge >= 0.3 is 5.69 Å². The number of imidazole rings is 1. The number of benzene rings is 2. The summed E-state index contributed by atoms with van der Waals surface area (Å²) in [6.07, 6.45) is 3.40. The highest BCUT2D eigenvalue weighted by atomic mass is 16.6. The van der Waals surface area contributed by atoms with Crippen molar-refractivity contribution in [3.63, 3.8) is 0 Å². The molecule has 0 radical (unpaired) electrons. The van der Waals surface area contributed by atoms with Crippen LogP contribution in [0.15, 0.2) is 54.9 Å². The SMILES string of the molecule is COc1cc(-c2nccn2C)cc([N+](=O)[O-])c1OCc1ccccc1. The van der Waals surface area contributed by atoms with Crippen LogP contribution in [0.4, 0.5) is 5.69 Å². The van der Waals surface area contributed by atoms with Crippen LogP contribution < -0.4 is 9.47 Å². The Hall–Kier alpha value is -3.35. The molecule has 25 heavy (non-hydrogen) atoms. The fourth-order valence-corrected chi connectivity index (χ4v) is 2.52. The van der Waals surface area contributed by atoms with Crippen molar-refractivity contribution in [2.24, 2.45) is 7.05 Å². The van der Waals surface area contributed by atoms with E-state index >= 15 is 0 Å². The van der Waals surface area contributed by atoms with E-state index in [1.165, 1.54) is 13.2 Å². The molecule has 0 unspecified atom stereocenters. The Labute approximate surface area is 144 Å². The van der Waals surface area contributed by atoms with Crippen LogP contribution in [-0.2, 0) is 13.7 Å². The van der Waals surface area contributed by atoms with Gasteiger partial charge in [-0.05, 0) is 11.6 Å². The van der Waals surface area contributed by atoms with E-state index in [-0.39, 0.29) is 18.0 Å². The van der Waals surface area contributed by atoms with Gasteiger partial charge in [0.05, 0.1) is 12.0 Å². The van der Waals surface area contributed by atoms with Gasteiger partial charge < -0.3 is 14.0 Å². The molecule has 0 atom stereocenters. The molecule has 0 saturated heterocycles. The summed E-state index contributed by atoms with van der Waals surface area (Å²) in [6.45, 7) is 0.208. The molecule has 1 aromatic heterocycles. The van der Waals surface area contributed by atoms with E-state index in [0.29, 0.717) is 17.1 Å². The van der Waals surface area contributed by atoms with Crippen molar-refractivity contribution in [3.05, 3.63) is 70.5 Å². The van der Waals surface area contributed by atoms with Crippen LogP contribution in [0.2, 0.25) is 0 Å². The number of nitro groups is 1. The number of hydrogen-bond acceptors (Lipinski definition) is 5. The predicted octanol–water partition coefficient (Wildman–Crippen LogP) is 3.58. The Kier molecular flexibility index (Phi) is 4.65. The van der Waals surface area contributed by atoms with Crippen LogP contribution in [0.3, 0.4) is 0 Å². The summed E-state index contributed by atoms with van der Waals surface area (Å²) >= 11 is 0. The normalized spacial score (nSPS) is 10.5. The monoisotopic (exact) mass is 339 g/mol. The van der Waals surface area contributed by atoms with Gasteiger partial charge in [0.2, 0.25) is 5.75 Å². The van der Waals surface area contributed by atoms with Crippen LogP contribution in [-0.4, -0.2) is 21.6 Å². The first-order chi connectivity index (χ1) is 12.1. The maximum atomic E-state index is 11.6. The summed E-state index contributed by atoms with van der Waals surface area (Å²) in [7, 11) is 3.27. The molecule has 7 heteroatoms. The molecule has 0 saturated carbocycles. The highest BCUT2D eigenvalue weighted by molar-refractivity contribution is 5.69. The average molecular weight is 339 g/mol. The van der Waals surface area contributed by atoms with Gasteiger partial charge in [-0.1, -0.05) is 30.3 Å². The Balaban J connectivity index is 2.02. The van der Waals surface area contributed by atoms with Crippen molar-refractivity contribution in [2.45, 2.75) is 6.61 Å². The fourth-order valence-electron chi connectivity index (χ4n) is 2.52. The Morgan fingerprint density at radius 3 is 2.60 bits per heavy atom. The standard InChI is InChI=1S/C18H17N3O4/c1-20-9-8-19-18(20)14-10-15(21(22)23)17(16(11-14)24-2)25-12-13-6-4-3-5-7-13/h3-11H,12H2,1-2H3. The quantitative estimate of drug-likeness (QED) is 0.506. The summed E-state index contributed by atoms with van der Waals surface area (Å²) in [5, 5.41) is 11.6. The topological polar surface area (TPSA) is 79.4 Å².